The highest BCUT2D eigenvalue weighted by Gasteiger charge is 2.21. The summed E-state index contributed by atoms with van der Waals surface area (Å²) in [5.41, 5.74) is 1.28. The van der Waals surface area contributed by atoms with Gasteiger partial charge in [0.1, 0.15) is 0 Å². The number of nitrogens with zero attached hydrogens (tertiary/aromatic N) is 3. The van der Waals surface area contributed by atoms with E-state index in [1.165, 1.54) is 11.3 Å². The van der Waals surface area contributed by atoms with Crippen LogP contribution in [0.25, 0.3) is 15.9 Å². The third-order valence-corrected chi connectivity index (χ3v) is 5.85. The molecule has 1 amide bonds. The van der Waals surface area contributed by atoms with Gasteiger partial charge in [-0.1, -0.05) is 41.1 Å². The Morgan fingerprint density at radius 1 is 1.18 bits per heavy atom. The van der Waals surface area contributed by atoms with Crippen molar-refractivity contribution in [2.75, 3.05) is 18.5 Å². The van der Waals surface area contributed by atoms with Gasteiger partial charge in [-0.05, 0) is 43.7 Å². The Labute approximate surface area is 202 Å². The highest BCUT2D eigenvalue weighted by molar-refractivity contribution is 7.22. The van der Waals surface area contributed by atoms with Crippen molar-refractivity contribution in [3.05, 3.63) is 75.2 Å². The maximum Gasteiger partial charge on any atom is 0.362 e. The molecule has 0 atom stereocenters. The molecule has 0 aliphatic rings. The first-order chi connectivity index (χ1) is 16.4. The van der Waals surface area contributed by atoms with E-state index in [0.717, 1.165) is 26.5 Å². The zero-order valence-electron chi connectivity index (χ0n) is 18.2. The first-order valence-corrected chi connectivity index (χ1v) is 11.4. The molecule has 0 spiro atoms. The van der Waals surface area contributed by atoms with Gasteiger partial charge in [0.2, 0.25) is 5.69 Å². The van der Waals surface area contributed by atoms with E-state index in [1.54, 1.807) is 31.2 Å². The number of hydrogen-bond acceptors (Lipinski definition) is 8. The smallest absolute Gasteiger partial charge is 0.362 e. The summed E-state index contributed by atoms with van der Waals surface area (Å²) in [7, 11) is 0. The molecule has 1 N–H and O–H groups in total. The number of aryl methyl sites for hydroxylation is 1. The normalized spacial score (nSPS) is 10.8. The van der Waals surface area contributed by atoms with E-state index < -0.39 is 24.0 Å². The molecule has 2 aromatic carbocycles. The fourth-order valence-electron chi connectivity index (χ4n) is 3.07. The van der Waals surface area contributed by atoms with Crippen LogP contribution in [0.1, 0.15) is 23.0 Å². The minimum absolute atomic E-state index is 0.0861. The zero-order chi connectivity index (χ0) is 24.2. The molecule has 2 aromatic heterocycles. The van der Waals surface area contributed by atoms with Crippen molar-refractivity contribution in [3.63, 3.8) is 0 Å². The van der Waals surface area contributed by atoms with E-state index in [9.17, 15) is 14.4 Å². The molecule has 0 aliphatic heterocycles. The highest BCUT2D eigenvalue weighted by Crippen LogP contribution is 2.27. The minimum atomic E-state index is -0.805. The number of amides is 1. The van der Waals surface area contributed by atoms with Crippen LogP contribution in [0.3, 0.4) is 0 Å². The summed E-state index contributed by atoms with van der Waals surface area (Å²) in [5.74, 6) is -1.50. The maximum absolute atomic E-state index is 12.7. The number of benzene rings is 2. The highest BCUT2D eigenvalue weighted by atomic mass is 35.5. The minimum Gasteiger partial charge on any atom is -0.481 e. The molecule has 0 radical (unpaired) electrons. The van der Waals surface area contributed by atoms with Gasteiger partial charge in [-0.2, -0.15) is 9.78 Å². The zero-order valence-corrected chi connectivity index (χ0v) is 19.8. The van der Waals surface area contributed by atoms with Gasteiger partial charge in [0.15, 0.2) is 17.5 Å². The van der Waals surface area contributed by atoms with Gasteiger partial charge in [-0.15, -0.1) is 0 Å². The molecule has 0 saturated carbocycles. The second kappa shape index (κ2) is 10.0. The van der Waals surface area contributed by atoms with E-state index >= 15 is 0 Å². The molecule has 0 fully saturated rings. The number of carbonyl (C=O) groups is 2. The van der Waals surface area contributed by atoms with Crippen molar-refractivity contribution in [1.29, 1.82) is 0 Å². The van der Waals surface area contributed by atoms with Crippen molar-refractivity contribution < 1.29 is 19.1 Å². The molecular weight excluding hydrogens is 480 g/mol. The molecule has 2 heterocycles. The molecule has 0 aliphatic carbocycles. The molecular formula is C23H19ClN4O5S. The number of rotatable bonds is 7. The summed E-state index contributed by atoms with van der Waals surface area (Å²) in [4.78, 5) is 42.0. The largest absolute Gasteiger partial charge is 0.481 e. The number of hydrogen-bond donors (Lipinski definition) is 1. The SMILES string of the molecule is CCOC(=O)c1nn(-c2ccccc2Cl)c(=O)cc1OCC(=O)Nc1nc2ccc(C)cc2s1. The molecule has 34 heavy (non-hydrogen) atoms. The molecule has 0 unspecified atom stereocenters. The number of nitrogens with one attached hydrogen (secondary N) is 1. The summed E-state index contributed by atoms with van der Waals surface area (Å²) < 4.78 is 12.4. The van der Waals surface area contributed by atoms with Crippen molar-refractivity contribution in [3.8, 4) is 11.4 Å². The van der Waals surface area contributed by atoms with Crippen LogP contribution in [0.15, 0.2) is 53.3 Å². The van der Waals surface area contributed by atoms with E-state index in [1.807, 2.05) is 25.1 Å². The van der Waals surface area contributed by atoms with Gasteiger partial charge < -0.3 is 9.47 Å². The number of para-hydroxylation sites is 1. The monoisotopic (exact) mass is 498 g/mol. The van der Waals surface area contributed by atoms with E-state index in [2.05, 4.69) is 15.4 Å². The van der Waals surface area contributed by atoms with Gasteiger partial charge in [0.25, 0.3) is 11.5 Å². The van der Waals surface area contributed by atoms with Crippen LogP contribution in [0, 0.1) is 6.92 Å². The topological polar surface area (TPSA) is 112 Å². The average Bonchev–Trinajstić information content (AvgIpc) is 3.19. The second-order valence-corrected chi connectivity index (χ2v) is 8.54. The number of thiazole rings is 1. The van der Waals surface area contributed by atoms with Crippen LogP contribution in [0.4, 0.5) is 5.13 Å². The van der Waals surface area contributed by atoms with E-state index in [0.29, 0.717) is 5.13 Å². The standard InChI is InChI=1S/C23H19ClN4O5S/c1-3-32-22(31)21-17(11-20(30)28(27-21)16-7-5-4-6-14(16)24)33-12-19(29)26-23-25-15-9-8-13(2)10-18(15)34-23/h4-11H,3,12H2,1-2H3,(H,25,26,29). The number of halogens is 1. The Morgan fingerprint density at radius 2 is 1.97 bits per heavy atom. The van der Waals surface area contributed by atoms with Crippen LogP contribution < -0.4 is 15.6 Å². The number of fused-ring (bicyclic) bond motifs is 1. The van der Waals surface area contributed by atoms with Crippen molar-refractivity contribution in [2.24, 2.45) is 0 Å². The maximum atomic E-state index is 12.7. The van der Waals surface area contributed by atoms with Gasteiger partial charge in [0.05, 0.1) is 33.6 Å². The van der Waals surface area contributed by atoms with Gasteiger partial charge in [-0.3, -0.25) is 14.9 Å². The van der Waals surface area contributed by atoms with Crippen LogP contribution in [-0.2, 0) is 9.53 Å². The molecule has 9 nitrogen and oxygen atoms in total. The number of aromatic nitrogens is 3. The van der Waals surface area contributed by atoms with Crippen LogP contribution in [0.2, 0.25) is 5.02 Å². The first kappa shape index (κ1) is 23.4. The third-order valence-electron chi connectivity index (χ3n) is 4.60. The number of carbonyl (C=O) groups excluding carboxylic acids is 2. The van der Waals surface area contributed by atoms with Crippen molar-refractivity contribution in [2.45, 2.75) is 13.8 Å². The average molecular weight is 499 g/mol. The predicted octanol–water partition coefficient (Wildman–Crippen LogP) is 4.00. The van der Waals surface area contributed by atoms with E-state index in [-0.39, 0.29) is 28.8 Å². The lowest BCUT2D eigenvalue weighted by molar-refractivity contribution is -0.118. The fraction of sp³-hybridized carbons (Fsp3) is 0.174. The Balaban J connectivity index is 1.56. The summed E-state index contributed by atoms with van der Waals surface area (Å²) >= 11 is 7.50. The Hall–Kier alpha value is -3.76. The van der Waals surface area contributed by atoms with Gasteiger partial charge in [-0.25, -0.2) is 9.78 Å². The van der Waals surface area contributed by atoms with Crippen molar-refractivity contribution >= 4 is 50.2 Å². The number of ether oxygens (including phenoxy) is 2. The van der Waals surface area contributed by atoms with Crippen molar-refractivity contribution in [1.82, 2.24) is 14.8 Å². The number of esters is 1. The summed E-state index contributed by atoms with van der Waals surface area (Å²) in [6.07, 6.45) is 0. The fourth-order valence-corrected chi connectivity index (χ4v) is 4.27. The second-order valence-electron chi connectivity index (χ2n) is 7.11. The van der Waals surface area contributed by atoms with Crippen LogP contribution in [0.5, 0.6) is 5.75 Å². The van der Waals surface area contributed by atoms with E-state index in [4.69, 9.17) is 21.1 Å². The molecule has 174 valence electrons. The molecule has 0 bridgehead atoms. The summed E-state index contributed by atoms with van der Waals surface area (Å²) in [6.45, 7) is 3.22. The Kier molecular flexibility index (Phi) is 6.90. The lowest BCUT2D eigenvalue weighted by Gasteiger charge is -2.13. The lowest BCUT2D eigenvalue weighted by Crippen LogP contribution is -2.27. The van der Waals surface area contributed by atoms with Gasteiger partial charge >= 0.3 is 5.97 Å². The third kappa shape index (κ3) is 5.08. The van der Waals surface area contributed by atoms with Crippen LogP contribution in [-0.4, -0.2) is 39.9 Å². The Bertz CT molecular complexity index is 1450. The first-order valence-electron chi connectivity index (χ1n) is 10.2. The van der Waals surface area contributed by atoms with Crippen LogP contribution >= 0.6 is 22.9 Å². The predicted molar refractivity (Wildman–Crippen MR) is 129 cm³/mol. The lowest BCUT2D eigenvalue weighted by atomic mass is 10.2. The molecule has 11 heteroatoms. The summed E-state index contributed by atoms with van der Waals surface area (Å²) in [5, 5.41) is 7.44. The molecule has 4 rings (SSSR count). The molecule has 4 aromatic rings. The summed E-state index contributed by atoms with van der Waals surface area (Å²) in [6, 6.07) is 13.4. The number of anilines is 1. The quantitative estimate of drug-likeness (QED) is 0.383. The molecule has 0 saturated heterocycles. The Morgan fingerprint density at radius 3 is 2.74 bits per heavy atom. The van der Waals surface area contributed by atoms with Gasteiger partial charge in [0, 0.05) is 0 Å².